The summed E-state index contributed by atoms with van der Waals surface area (Å²) < 4.78 is 5.26. The van der Waals surface area contributed by atoms with Crippen molar-refractivity contribution in [1.82, 2.24) is 4.98 Å². The summed E-state index contributed by atoms with van der Waals surface area (Å²) in [5.74, 6) is 0.845. The highest BCUT2D eigenvalue weighted by atomic mass is 32.1. The van der Waals surface area contributed by atoms with E-state index in [0.717, 1.165) is 27.4 Å². The van der Waals surface area contributed by atoms with Gasteiger partial charge in [-0.2, -0.15) is 0 Å². The number of benzene rings is 1. The summed E-state index contributed by atoms with van der Waals surface area (Å²) in [6, 6.07) is 5.97. The molecule has 0 bridgehead atoms. The third-order valence-electron chi connectivity index (χ3n) is 3.03. The first-order chi connectivity index (χ1) is 9.55. The topological polar surface area (TPSA) is 51.2 Å². The minimum absolute atomic E-state index is 0.0174. The number of hydrogen-bond acceptors (Lipinski definition) is 4. The van der Waals surface area contributed by atoms with Crippen LogP contribution in [0.4, 0.5) is 5.13 Å². The van der Waals surface area contributed by atoms with Crippen LogP contribution < -0.4 is 10.1 Å². The number of aromatic nitrogens is 1. The molecular formula is C15H18N2O2S. The van der Waals surface area contributed by atoms with Crippen LogP contribution in [0.5, 0.6) is 5.75 Å². The fourth-order valence-corrected chi connectivity index (χ4v) is 2.80. The average molecular weight is 290 g/mol. The quantitative estimate of drug-likeness (QED) is 0.932. The van der Waals surface area contributed by atoms with Crippen LogP contribution in [0.25, 0.3) is 11.3 Å². The Bertz CT molecular complexity index is 635. The number of anilines is 1. The molecule has 1 amide bonds. The molecule has 2 rings (SSSR count). The average Bonchev–Trinajstić information content (AvgIpc) is 2.79. The predicted octanol–water partition coefficient (Wildman–Crippen LogP) is 3.78. The first-order valence-electron chi connectivity index (χ1n) is 6.47. The number of hydrogen-bond donors (Lipinski definition) is 1. The second-order valence-corrected chi connectivity index (χ2v) is 5.71. The lowest BCUT2D eigenvalue weighted by Crippen LogP contribution is -2.08. The van der Waals surface area contributed by atoms with Crippen LogP contribution in [-0.4, -0.2) is 18.0 Å². The Balaban J connectivity index is 2.33. The zero-order valence-corrected chi connectivity index (χ0v) is 12.9. The normalized spacial score (nSPS) is 10.4. The molecule has 0 radical (unpaired) electrons. The third-order valence-corrected chi connectivity index (χ3v) is 3.92. The van der Waals surface area contributed by atoms with Gasteiger partial charge in [0.05, 0.1) is 12.8 Å². The summed E-state index contributed by atoms with van der Waals surface area (Å²) in [4.78, 5) is 17.0. The molecule has 0 saturated heterocycles. The lowest BCUT2D eigenvalue weighted by atomic mass is 10.1. The van der Waals surface area contributed by atoms with Gasteiger partial charge >= 0.3 is 0 Å². The zero-order chi connectivity index (χ0) is 14.7. The molecule has 0 aliphatic rings. The Hall–Kier alpha value is -1.88. The summed E-state index contributed by atoms with van der Waals surface area (Å²) in [6.45, 7) is 5.83. The number of nitrogens with one attached hydrogen (secondary N) is 1. The number of aryl methyl sites for hydroxylation is 2. The van der Waals surface area contributed by atoms with Gasteiger partial charge in [0.25, 0.3) is 0 Å². The second-order valence-electron chi connectivity index (χ2n) is 4.51. The van der Waals surface area contributed by atoms with Crippen LogP contribution in [-0.2, 0) is 4.79 Å². The Morgan fingerprint density at radius 3 is 2.75 bits per heavy atom. The lowest BCUT2D eigenvalue weighted by molar-refractivity contribution is -0.115. The highest BCUT2D eigenvalue weighted by molar-refractivity contribution is 7.16. The molecule has 0 aliphatic heterocycles. The molecule has 1 heterocycles. The predicted molar refractivity (Wildman–Crippen MR) is 82.5 cm³/mol. The number of thiazole rings is 1. The summed E-state index contributed by atoms with van der Waals surface area (Å²) >= 11 is 1.49. The van der Waals surface area contributed by atoms with Crippen LogP contribution >= 0.6 is 11.3 Å². The molecule has 1 N–H and O–H groups in total. The molecule has 4 nitrogen and oxygen atoms in total. The lowest BCUT2D eigenvalue weighted by Gasteiger charge is -2.06. The maximum Gasteiger partial charge on any atom is 0.225 e. The van der Waals surface area contributed by atoms with E-state index >= 15 is 0 Å². The molecule has 0 spiro atoms. The fraction of sp³-hybridized carbons (Fsp3) is 0.333. The zero-order valence-electron chi connectivity index (χ0n) is 12.1. The van der Waals surface area contributed by atoms with Crippen LogP contribution in [0, 0.1) is 13.8 Å². The number of nitrogens with zero attached hydrogens (tertiary/aromatic N) is 1. The second kappa shape index (κ2) is 6.05. The van der Waals surface area contributed by atoms with E-state index in [-0.39, 0.29) is 5.91 Å². The third kappa shape index (κ3) is 2.99. The minimum atomic E-state index is -0.0174. The van der Waals surface area contributed by atoms with Crippen molar-refractivity contribution in [2.75, 3.05) is 12.4 Å². The molecule has 0 aliphatic carbocycles. The van der Waals surface area contributed by atoms with Gasteiger partial charge in [-0.3, -0.25) is 4.79 Å². The van der Waals surface area contributed by atoms with Gasteiger partial charge in [-0.05, 0) is 37.6 Å². The van der Waals surface area contributed by atoms with Crippen molar-refractivity contribution in [2.24, 2.45) is 0 Å². The van der Waals surface area contributed by atoms with Crippen LogP contribution in [0.2, 0.25) is 0 Å². The molecule has 0 saturated carbocycles. The standard InChI is InChI=1S/C15H18N2O2S/c1-5-13(18)16-15-17-14(10(3)20-15)11-6-7-12(19-4)9(2)8-11/h6-8H,5H2,1-4H3,(H,16,17,18). The Morgan fingerprint density at radius 1 is 1.40 bits per heavy atom. The summed E-state index contributed by atoms with van der Waals surface area (Å²) in [6.07, 6.45) is 0.454. The van der Waals surface area contributed by atoms with E-state index in [9.17, 15) is 4.79 Å². The van der Waals surface area contributed by atoms with Crippen molar-refractivity contribution in [2.45, 2.75) is 27.2 Å². The van der Waals surface area contributed by atoms with E-state index < -0.39 is 0 Å². The van der Waals surface area contributed by atoms with E-state index in [4.69, 9.17) is 4.74 Å². The minimum Gasteiger partial charge on any atom is -0.496 e. The molecule has 5 heteroatoms. The maximum atomic E-state index is 11.4. The summed E-state index contributed by atoms with van der Waals surface area (Å²) in [5, 5.41) is 3.45. The molecule has 2 aromatic rings. The molecule has 1 aromatic carbocycles. The number of ether oxygens (including phenoxy) is 1. The van der Waals surface area contributed by atoms with Crippen molar-refractivity contribution in [3.05, 3.63) is 28.6 Å². The summed E-state index contributed by atoms with van der Waals surface area (Å²) in [5.41, 5.74) is 3.01. The van der Waals surface area contributed by atoms with E-state index in [1.54, 1.807) is 7.11 Å². The van der Waals surface area contributed by atoms with Crippen molar-refractivity contribution in [1.29, 1.82) is 0 Å². The van der Waals surface area contributed by atoms with E-state index in [0.29, 0.717) is 11.6 Å². The van der Waals surface area contributed by atoms with Crippen LogP contribution in [0.1, 0.15) is 23.8 Å². The number of carbonyl (C=O) groups is 1. The monoisotopic (exact) mass is 290 g/mol. The van der Waals surface area contributed by atoms with Crippen molar-refractivity contribution >= 4 is 22.4 Å². The highest BCUT2D eigenvalue weighted by Gasteiger charge is 2.12. The van der Waals surface area contributed by atoms with E-state index in [1.807, 2.05) is 39.0 Å². The van der Waals surface area contributed by atoms with Gasteiger partial charge in [-0.1, -0.05) is 6.92 Å². The number of carbonyl (C=O) groups excluding carboxylic acids is 1. The Kier molecular flexibility index (Phi) is 4.39. The van der Waals surface area contributed by atoms with E-state index in [2.05, 4.69) is 10.3 Å². The first-order valence-corrected chi connectivity index (χ1v) is 7.29. The Morgan fingerprint density at radius 2 is 2.15 bits per heavy atom. The van der Waals surface area contributed by atoms with Crippen LogP contribution in [0.3, 0.4) is 0 Å². The molecule has 1 aromatic heterocycles. The van der Waals surface area contributed by atoms with Crippen molar-refractivity contribution in [3.63, 3.8) is 0 Å². The SMILES string of the molecule is CCC(=O)Nc1nc(-c2ccc(OC)c(C)c2)c(C)s1. The van der Waals surface area contributed by atoms with Crippen molar-refractivity contribution < 1.29 is 9.53 Å². The number of methoxy groups -OCH3 is 1. The molecular weight excluding hydrogens is 272 g/mol. The smallest absolute Gasteiger partial charge is 0.225 e. The first kappa shape index (κ1) is 14.5. The van der Waals surface area contributed by atoms with E-state index in [1.165, 1.54) is 11.3 Å². The van der Waals surface area contributed by atoms with Gasteiger partial charge in [0.2, 0.25) is 5.91 Å². The molecule has 0 fully saturated rings. The van der Waals surface area contributed by atoms with Gasteiger partial charge < -0.3 is 10.1 Å². The Labute approximate surface area is 122 Å². The molecule has 0 atom stereocenters. The molecule has 106 valence electrons. The fourth-order valence-electron chi connectivity index (χ4n) is 1.95. The molecule has 0 unspecified atom stereocenters. The largest absolute Gasteiger partial charge is 0.496 e. The maximum absolute atomic E-state index is 11.4. The van der Waals surface area contributed by atoms with Crippen LogP contribution in [0.15, 0.2) is 18.2 Å². The summed E-state index contributed by atoms with van der Waals surface area (Å²) in [7, 11) is 1.66. The highest BCUT2D eigenvalue weighted by Crippen LogP contribution is 2.32. The van der Waals surface area contributed by atoms with Gasteiger partial charge in [0.15, 0.2) is 5.13 Å². The van der Waals surface area contributed by atoms with Gasteiger partial charge in [-0.15, -0.1) is 11.3 Å². The van der Waals surface area contributed by atoms with Crippen molar-refractivity contribution in [3.8, 4) is 17.0 Å². The number of amides is 1. The van der Waals surface area contributed by atoms with Gasteiger partial charge in [-0.25, -0.2) is 4.98 Å². The van der Waals surface area contributed by atoms with Gasteiger partial charge in [0, 0.05) is 16.9 Å². The molecule has 20 heavy (non-hydrogen) atoms. The number of rotatable bonds is 4. The van der Waals surface area contributed by atoms with Gasteiger partial charge in [0.1, 0.15) is 5.75 Å².